The van der Waals surface area contributed by atoms with Gasteiger partial charge in [0.05, 0.1) is 17.2 Å². The number of thioether (sulfide) groups is 1. The van der Waals surface area contributed by atoms with Crippen molar-refractivity contribution >= 4 is 50.9 Å². The van der Waals surface area contributed by atoms with Crippen LogP contribution in [-0.2, 0) is 26.2 Å². The molecule has 0 heterocycles. The highest BCUT2D eigenvalue weighted by Crippen LogP contribution is 2.28. The maximum Gasteiger partial charge on any atom is 0.264 e. The number of benzene rings is 3. The Morgan fingerprint density at radius 2 is 1.70 bits per heavy atom. The van der Waals surface area contributed by atoms with Gasteiger partial charge in [-0.05, 0) is 93.3 Å². The number of ether oxygens (including phenoxy) is 1. The molecule has 3 aromatic carbocycles. The SMILES string of the molecule is CCNC(=O)[C@@H](C)N(Cc1cccc(Cl)c1)C(=O)CN(c1ccc(OCC)cc1)S(=O)(=O)c1ccc(SC)cc1. The van der Waals surface area contributed by atoms with Crippen molar-refractivity contribution in [1.29, 1.82) is 0 Å². The fraction of sp³-hybridized carbons (Fsp3) is 0.310. The van der Waals surface area contributed by atoms with E-state index in [1.54, 1.807) is 74.5 Å². The minimum Gasteiger partial charge on any atom is -0.494 e. The first-order chi connectivity index (χ1) is 19.1. The third-order valence-electron chi connectivity index (χ3n) is 6.12. The van der Waals surface area contributed by atoms with Gasteiger partial charge in [-0.15, -0.1) is 11.8 Å². The van der Waals surface area contributed by atoms with Crippen LogP contribution >= 0.6 is 23.4 Å². The fourth-order valence-corrected chi connectivity index (χ4v) is 6.05. The predicted molar refractivity (Wildman–Crippen MR) is 161 cm³/mol. The smallest absolute Gasteiger partial charge is 0.264 e. The van der Waals surface area contributed by atoms with Crippen LogP contribution in [0.5, 0.6) is 5.75 Å². The lowest BCUT2D eigenvalue weighted by atomic mass is 10.1. The molecule has 214 valence electrons. The van der Waals surface area contributed by atoms with E-state index in [4.69, 9.17) is 16.3 Å². The molecule has 3 aromatic rings. The Balaban J connectivity index is 2.03. The molecule has 0 saturated heterocycles. The number of nitrogens with zero attached hydrogens (tertiary/aromatic N) is 2. The van der Waals surface area contributed by atoms with Gasteiger partial charge in [-0.3, -0.25) is 13.9 Å². The summed E-state index contributed by atoms with van der Waals surface area (Å²) in [5.74, 6) is -0.315. The number of anilines is 1. The van der Waals surface area contributed by atoms with Crippen molar-refractivity contribution in [2.45, 2.75) is 43.1 Å². The molecule has 1 atom stereocenters. The first kappa shape index (κ1) is 31.3. The number of amides is 2. The number of nitrogens with one attached hydrogen (secondary N) is 1. The van der Waals surface area contributed by atoms with Crippen molar-refractivity contribution in [2.75, 3.05) is 30.3 Å². The number of halogens is 1. The van der Waals surface area contributed by atoms with E-state index in [9.17, 15) is 18.0 Å². The second kappa shape index (κ2) is 14.4. The molecular weight excluding hydrogens is 570 g/mol. The Morgan fingerprint density at radius 1 is 1.02 bits per heavy atom. The lowest BCUT2D eigenvalue weighted by Gasteiger charge is -2.32. The van der Waals surface area contributed by atoms with Crippen molar-refractivity contribution in [2.24, 2.45) is 0 Å². The molecule has 1 N–H and O–H groups in total. The van der Waals surface area contributed by atoms with Crippen LogP contribution in [0.1, 0.15) is 26.3 Å². The van der Waals surface area contributed by atoms with Gasteiger partial charge in [-0.25, -0.2) is 8.42 Å². The van der Waals surface area contributed by atoms with Gasteiger partial charge in [-0.2, -0.15) is 0 Å². The van der Waals surface area contributed by atoms with Crippen LogP contribution in [0.3, 0.4) is 0 Å². The zero-order valence-electron chi connectivity index (χ0n) is 23.0. The number of hydrogen-bond acceptors (Lipinski definition) is 6. The lowest BCUT2D eigenvalue weighted by molar-refractivity contribution is -0.139. The maximum atomic E-state index is 13.9. The number of likely N-dealkylation sites (N-methyl/N-ethyl adjacent to an activating group) is 1. The molecule has 40 heavy (non-hydrogen) atoms. The zero-order valence-corrected chi connectivity index (χ0v) is 25.4. The Hall–Kier alpha value is -3.21. The summed E-state index contributed by atoms with van der Waals surface area (Å²) in [6, 6.07) is 19.1. The quantitative estimate of drug-likeness (QED) is 0.270. The van der Waals surface area contributed by atoms with E-state index in [1.807, 2.05) is 13.2 Å². The minimum absolute atomic E-state index is 0.0464. The molecule has 8 nitrogen and oxygen atoms in total. The van der Waals surface area contributed by atoms with Gasteiger partial charge in [0.1, 0.15) is 18.3 Å². The number of hydrogen-bond donors (Lipinski definition) is 1. The van der Waals surface area contributed by atoms with Gasteiger partial charge >= 0.3 is 0 Å². The standard InChI is InChI=1S/C29H34ClN3O5S2/c1-5-31-29(35)21(3)32(19-22-8-7-9-23(30)18-22)28(34)20-33(24-10-12-25(13-11-24)38-6-2)40(36,37)27-16-14-26(39-4)15-17-27/h7-18,21H,5-6,19-20H2,1-4H3,(H,31,35)/t21-/m1/s1. The molecule has 0 bridgehead atoms. The third-order valence-corrected chi connectivity index (χ3v) is 8.89. The molecule has 0 fully saturated rings. The summed E-state index contributed by atoms with van der Waals surface area (Å²) in [6.07, 6.45) is 1.90. The topological polar surface area (TPSA) is 96.0 Å². The van der Waals surface area contributed by atoms with E-state index < -0.39 is 28.5 Å². The summed E-state index contributed by atoms with van der Waals surface area (Å²) < 4.78 is 34.4. The highest BCUT2D eigenvalue weighted by atomic mass is 35.5. The van der Waals surface area contributed by atoms with E-state index in [-0.39, 0.29) is 17.3 Å². The normalized spacial score (nSPS) is 11.9. The summed E-state index contributed by atoms with van der Waals surface area (Å²) in [5.41, 5.74) is 0.999. The van der Waals surface area contributed by atoms with Crippen molar-refractivity contribution < 1.29 is 22.7 Å². The average molecular weight is 604 g/mol. The zero-order chi connectivity index (χ0) is 29.3. The largest absolute Gasteiger partial charge is 0.494 e. The van der Waals surface area contributed by atoms with Gasteiger partial charge in [0.2, 0.25) is 11.8 Å². The number of sulfonamides is 1. The van der Waals surface area contributed by atoms with Crippen LogP contribution in [-0.4, -0.2) is 57.1 Å². The van der Waals surface area contributed by atoms with E-state index >= 15 is 0 Å². The summed E-state index contributed by atoms with van der Waals surface area (Å²) in [7, 11) is -4.15. The van der Waals surface area contributed by atoms with Crippen LogP contribution < -0.4 is 14.4 Å². The molecule has 11 heteroatoms. The molecule has 0 spiro atoms. The van der Waals surface area contributed by atoms with Crippen molar-refractivity contribution in [3.05, 3.63) is 83.4 Å². The van der Waals surface area contributed by atoms with E-state index in [1.165, 1.54) is 28.8 Å². The number of carbonyl (C=O) groups is 2. The Labute approximate surface area is 245 Å². The van der Waals surface area contributed by atoms with Gasteiger partial charge in [-0.1, -0.05) is 23.7 Å². The Bertz CT molecular complexity index is 1400. The maximum absolute atomic E-state index is 13.9. The van der Waals surface area contributed by atoms with E-state index in [2.05, 4.69) is 5.32 Å². The second-order valence-corrected chi connectivity index (χ2v) is 12.0. The van der Waals surface area contributed by atoms with Gasteiger partial charge < -0.3 is 15.0 Å². The first-order valence-corrected chi connectivity index (χ1v) is 15.9. The molecule has 0 aliphatic carbocycles. The molecule has 0 saturated carbocycles. The first-order valence-electron chi connectivity index (χ1n) is 12.8. The van der Waals surface area contributed by atoms with Gasteiger partial charge in [0.25, 0.3) is 10.0 Å². The van der Waals surface area contributed by atoms with Crippen LogP contribution in [0.15, 0.2) is 82.6 Å². The van der Waals surface area contributed by atoms with Crippen LogP contribution in [0, 0.1) is 0 Å². The van der Waals surface area contributed by atoms with Crippen LogP contribution in [0.4, 0.5) is 5.69 Å². The molecule has 0 aliphatic heterocycles. The lowest BCUT2D eigenvalue weighted by Crippen LogP contribution is -2.51. The molecule has 3 rings (SSSR count). The van der Waals surface area contributed by atoms with Crippen LogP contribution in [0.2, 0.25) is 5.02 Å². The van der Waals surface area contributed by atoms with Gasteiger partial charge in [0, 0.05) is 23.0 Å². The van der Waals surface area contributed by atoms with Crippen molar-refractivity contribution in [3.8, 4) is 5.75 Å². The minimum atomic E-state index is -4.15. The molecule has 2 amide bonds. The number of rotatable bonds is 13. The number of carbonyl (C=O) groups excluding carboxylic acids is 2. The summed E-state index contributed by atoms with van der Waals surface area (Å²) in [5, 5.41) is 3.23. The predicted octanol–water partition coefficient (Wildman–Crippen LogP) is 5.21. The molecule has 0 aliphatic rings. The Kier molecular flexibility index (Phi) is 11.3. The van der Waals surface area contributed by atoms with Crippen LogP contribution in [0.25, 0.3) is 0 Å². The fourth-order valence-electron chi connectivity index (χ4n) is 4.02. The summed E-state index contributed by atoms with van der Waals surface area (Å²) in [6.45, 7) is 5.65. The summed E-state index contributed by atoms with van der Waals surface area (Å²) >= 11 is 7.66. The van der Waals surface area contributed by atoms with Crippen molar-refractivity contribution in [3.63, 3.8) is 0 Å². The van der Waals surface area contributed by atoms with E-state index in [0.717, 1.165) is 9.20 Å². The Morgan fingerprint density at radius 3 is 2.27 bits per heavy atom. The van der Waals surface area contributed by atoms with Gasteiger partial charge in [0.15, 0.2) is 0 Å². The molecule has 0 aromatic heterocycles. The molecule has 0 radical (unpaired) electrons. The highest BCUT2D eigenvalue weighted by molar-refractivity contribution is 7.98. The van der Waals surface area contributed by atoms with Crippen molar-refractivity contribution in [1.82, 2.24) is 10.2 Å². The summed E-state index contributed by atoms with van der Waals surface area (Å²) in [4.78, 5) is 29.0. The molecular formula is C29H34ClN3O5S2. The molecule has 0 unspecified atom stereocenters. The highest BCUT2D eigenvalue weighted by Gasteiger charge is 2.32. The second-order valence-electron chi connectivity index (χ2n) is 8.84. The third kappa shape index (κ3) is 7.93. The van der Waals surface area contributed by atoms with E-state index in [0.29, 0.717) is 35.2 Å². The average Bonchev–Trinajstić information content (AvgIpc) is 2.95. The monoisotopic (exact) mass is 603 g/mol.